The molecule has 0 saturated carbocycles. The molecule has 4 amide bonds. The molecule has 3 N–H and O–H groups in total. The molecule has 150 valence electrons. The third-order valence-electron chi connectivity index (χ3n) is 4.60. The van der Waals surface area contributed by atoms with E-state index in [1.807, 2.05) is 24.3 Å². The Morgan fingerprint density at radius 3 is 2.21 bits per heavy atom. The van der Waals surface area contributed by atoms with Gasteiger partial charge >= 0.3 is 6.09 Å². The van der Waals surface area contributed by atoms with E-state index in [2.05, 4.69) is 5.32 Å². The summed E-state index contributed by atoms with van der Waals surface area (Å²) in [5.74, 6) is -2.03. The second-order valence-electron chi connectivity index (χ2n) is 6.67. The van der Waals surface area contributed by atoms with Gasteiger partial charge in [0.05, 0.1) is 6.42 Å². The molecular formula is C21H21N3O5. The number of nitrogens with zero attached hydrogens (tertiary/aromatic N) is 1. The lowest BCUT2D eigenvalue weighted by atomic mass is 10.0. The number of hydrogen-bond acceptors (Lipinski definition) is 5. The van der Waals surface area contributed by atoms with E-state index in [0.717, 1.165) is 16.0 Å². The Morgan fingerprint density at radius 1 is 1.03 bits per heavy atom. The summed E-state index contributed by atoms with van der Waals surface area (Å²) in [6.45, 7) is 0.0309. The first-order valence-corrected chi connectivity index (χ1v) is 9.12. The lowest BCUT2D eigenvalue weighted by Gasteiger charge is -2.24. The molecule has 29 heavy (non-hydrogen) atoms. The van der Waals surface area contributed by atoms with Gasteiger partial charge in [0.15, 0.2) is 0 Å². The molecule has 2 atom stereocenters. The third kappa shape index (κ3) is 4.98. The number of ether oxygens (including phenoxy) is 1. The van der Waals surface area contributed by atoms with Crippen LogP contribution in [0.5, 0.6) is 0 Å². The molecule has 0 spiro atoms. The maximum absolute atomic E-state index is 12.7. The minimum Gasteiger partial charge on any atom is -0.445 e. The summed E-state index contributed by atoms with van der Waals surface area (Å²) in [5, 5.41) is 2.39. The van der Waals surface area contributed by atoms with Gasteiger partial charge in [-0.25, -0.2) is 4.79 Å². The molecule has 1 aliphatic heterocycles. The van der Waals surface area contributed by atoms with Crippen LogP contribution in [0.15, 0.2) is 60.7 Å². The molecule has 0 unspecified atom stereocenters. The van der Waals surface area contributed by atoms with Gasteiger partial charge in [-0.2, -0.15) is 0 Å². The Kier molecular flexibility index (Phi) is 6.23. The van der Waals surface area contributed by atoms with Crippen molar-refractivity contribution in [2.75, 3.05) is 0 Å². The van der Waals surface area contributed by atoms with Gasteiger partial charge in [-0.05, 0) is 11.1 Å². The molecule has 8 heteroatoms. The fraction of sp³-hybridized carbons (Fsp3) is 0.238. The van der Waals surface area contributed by atoms with E-state index < -0.39 is 35.9 Å². The largest absolute Gasteiger partial charge is 0.445 e. The number of nitrogens with two attached hydrogens (primary N) is 1. The summed E-state index contributed by atoms with van der Waals surface area (Å²) in [6, 6.07) is 15.8. The summed E-state index contributed by atoms with van der Waals surface area (Å²) in [6.07, 6.45) is -0.961. The summed E-state index contributed by atoms with van der Waals surface area (Å²) >= 11 is 0. The fourth-order valence-electron chi connectivity index (χ4n) is 3.15. The van der Waals surface area contributed by atoms with Gasteiger partial charge in [0.1, 0.15) is 18.7 Å². The first kappa shape index (κ1) is 20.1. The molecule has 3 rings (SSSR count). The lowest BCUT2D eigenvalue weighted by Crippen LogP contribution is -2.51. The van der Waals surface area contributed by atoms with Gasteiger partial charge in [0, 0.05) is 6.42 Å². The van der Waals surface area contributed by atoms with Crippen LogP contribution in [0.25, 0.3) is 0 Å². The Labute approximate surface area is 167 Å². The number of hydrogen-bond donors (Lipinski definition) is 2. The molecule has 1 aliphatic rings. The van der Waals surface area contributed by atoms with Crippen LogP contribution in [0.2, 0.25) is 0 Å². The molecule has 2 aromatic carbocycles. The number of imide groups is 1. The minimum absolute atomic E-state index is 0.0309. The van der Waals surface area contributed by atoms with E-state index in [9.17, 15) is 19.2 Å². The van der Waals surface area contributed by atoms with Gasteiger partial charge < -0.3 is 15.8 Å². The van der Waals surface area contributed by atoms with E-state index in [1.54, 1.807) is 36.4 Å². The predicted molar refractivity (Wildman–Crippen MR) is 103 cm³/mol. The zero-order chi connectivity index (χ0) is 20.8. The van der Waals surface area contributed by atoms with Crippen molar-refractivity contribution < 1.29 is 23.9 Å². The Morgan fingerprint density at radius 2 is 1.62 bits per heavy atom. The van der Waals surface area contributed by atoms with E-state index in [4.69, 9.17) is 10.5 Å². The lowest BCUT2D eigenvalue weighted by molar-refractivity contribution is -0.146. The zero-order valence-electron chi connectivity index (χ0n) is 15.6. The van der Waals surface area contributed by atoms with Crippen LogP contribution in [0.4, 0.5) is 4.79 Å². The van der Waals surface area contributed by atoms with Crippen LogP contribution in [0.1, 0.15) is 17.5 Å². The number of likely N-dealkylation sites (tertiary alicyclic amines) is 1. The van der Waals surface area contributed by atoms with Crippen molar-refractivity contribution >= 4 is 23.8 Å². The van der Waals surface area contributed by atoms with Crippen LogP contribution in [0.3, 0.4) is 0 Å². The molecular weight excluding hydrogens is 374 g/mol. The minimum atomic E-state index is -1.12. The average molecular weight is 395 g/mol. The van der Waals surface area contributed by atoms with Crippen molar-refractivity contribution in [3.05, 3.63) is 71.8 Å². The van der Waals surface area contributed by atoms with Gasteiger partial charge in [0.25, 0.3) is 5.91 Å². The highest BCUT2D eigenvalue weighted by Crippen LogP contribution is 2.19. The molecule has 0 aliphatic carbocycles. The van der Waals surface area contributed by atoms with Gasteiger partial charge in [-0.1, -0.05) is 60.7 Å². The summed E-state index contributed by atoms with van der Waals surface area (Å²) in [7, 11) is 0. The molecule has 1 saturated heterocycles. The van der Waals surface area contributed by atoms with Crippen LogP contribution < -0.4 is 11.1 Å². The monoisotopic (exact) mass is 395 g/mol. The van der Waals surface area contributed by atoms with Gasteiger partial charge in [-0.15, -0.1) is 0 Å². The summed E-state index contributed by atoms with van der Waals surface area (Å²) < 4.78 is 5.09. The topological polar surface area (TPSA) is 119 Å². The van der Waals surface area contributed by atoms with Crippen LogP contribution >= 0.6 is 0 Å². The SMILES string of the molecule is NC(=O)[C@H](Cc1ccccc1)N1C(=O)C[C@H](NC(=O)OCc2ccccc2)C1=O. The van der Waals surface area contributed by atoms with Crippen molar-refractivity contribution in [3.8, 4) is 0 Å². The van der Waals surface area contributed by atoms with Gasteiger partial charge in [0.2, 0.25) is 11.8 Å². The number of alkyl carbamates (subject to hydrolysis) is 1. The summed E-state index contributed by atoms with van der Waals surface area (Å²) in [5.41, 5.74) is 7.00. The second kappa shape index (κ2) is 9.01. The molecule has 0 bridgehead atoms. The first-order valence-electron chi connectivity index (χ1n) is 9.12. The smallest absolute Gasteiger partial charge is 0.408 e. The maximum atomic E-state index is 12.7. The maximum Gasteiger partial charge on any atom is 0.408 e. The first-order chi connectivity index (χ1) is 14.0. The average Bonchev–Trinajstić information content (AvgIpc) is 2.99. The number of rotatable bonds is 7. The summed E-state index contributed by atoms with van der Waals surface area (Å²) in [4.78, 5) is 49.9. The highest BCUT2D eigenvalue weighted by Gasteiger charge is 2.45. The van der Waals surface area contributed by atoms with Gasteiger partial charge in [-0.3, -0.25) is 19.3 Å². The van der Waals surface area contributed by atoms with Crippen molar-refractivity contribution in [1.82, 2.24) is 10.2 Å². The van der Waals surface area contributed by atoms with Crippen LogP contribution in [-0.4, -0.2) is 40.8 Å². The van der Waals surface area contributed by atoms with E-state index in [0.29, 0.717) is 0 Å². The molecule has 0 aromatic heterocycles. The normalized spacial score (nSPS) is 17.1. The second-order valence-corrected chi connectivity index (χ2v) is 6.67. The number of amides is 4. The van der Waals surface area contributed by atoms with Crippen molar-refractivity contribution in [2.24, 2.45) is 5.73 Å². The van der Waals surface area contributed by atoms with Crippen molar-refractivity contribution in [2.45, 2.75) is 31.5 Å². The van der Waals surface area contributed by atoms with Crippen molar-refractivity contribution in [3.63, 3.8) is 0 Å². The Hall–Kier alpha value is -3.68. The molecule has 8 nitrogen and oxygen atoms in total. The van der Waals surface area contributed by atoms with Crippen LogP contribution in [-0.2, 0) is 32.1 Å². The number of nitrogens with one attached hydrogen (secondary N) is 1. The highest BCUT2D eigenvalue weighted by atomic mass is 16.5. The quantitative estimate of drug-likeness (QED) is 0.682. The Balaban J connectivity index is 1.63. The number of carbonyl (C=O) groups excluding carboxylic acids is 4. The number of primary amides is 1. The predicted octanol–water partition coefficient (Wildman–Crippen LogP) is 1.14. The standard InChI is InChI=1S/C21H21N3O5/c22-19(26)17(11-14-7-3-1-4-8-14)24-18(25)12-16(20(24)27)23-21(28)29-13-15-9-5-2-6-10-15/h1-10,16-17H,11-13H2,(H2,22,26)(H,23,28)/t16-,17-/m0/s1. The molecule has 0 radical (unpaired) electrons. The molecule has 2 aromatic rings. The van der Waals surface area contributed by atoms with E-state index >= 15 is 0 Å². The third-order valence-corrected chi connectivity index (χ3v) is 4.60. The van der Waals surface area contributed by atoms with E-state index in [1.165, 1.54) is 0 Å². The molecule has 1 heterocycles. The van der Waals surface area contributed by atoms with Crippen molar-refractivity contribution in [1.29, 1.82) is 0 Å². The number of benzene rings is 2. The fourth-order valence-corrected chi connectivity index (χ4v) is 3.15. The van der Waals surface area contributed by atoms with Crippen LogP contribution in [0, 0.1) is 0 Å². The zero-order valence-corrected chi connectivity index (χ0v) is 15.6. The van der Waals surface area contributed by atoms with E-state index in [-0.39, 0.29) is 19.4 Å². The number of carbonyl (C=O) groups is 4. The highest BCUT2D eigenvalue weighted by molar-refractivity contribution is 6.09. The Bertz CT molecular complexity index is 901. The molecule has 1 fully saturated rings.